The van der Waals surface area contributed by atoms with E-state index in [1.807, 2.05) is 4.52 Å². The van der Waals surface area contributed by atoms with Gasteiger partial charge in [-0.1, -0.05) is 25.2 Å². The molecule has 0 aliphatic carbocycles. The van der Waals surface area contributed by atoms with Crippen molar-refractivity contribution in [3.63, 3.8) is 0 Å². The molecule has 2 bridgehead atoms. The number of rotatable bonds is 2. The second-order valence-electron chi connectivity index (χ2n) is 5.74. The van der Waals surface area contributed by atoms with Crippen LogP contribution in [0.1, 0.15) is 55.8 Å². The predicted octanol–water partition coefficient (Wildman–Crippen LogP) is 1.92. The van der Waals surface area contributed by atoms with E-state index in [1.54, 1.807) is 11.3 Å². The van der Waals surface area contributed by atoms with E-state index in [0.717, 1.165) is 16.8 Å². The Labute approximate surface area is 110 Å². The maximum atomic E-state index is 4.76. The summed E-state index contributed by atoms with van der Waals surface area (Å²) in [6, 6.07) is 1.36. The molecule has 0 spiro atoms. The van der Waals surface area contributed by atoms with Gasteiger partial charge in [-0.05, 0) is 19.3 Å². The zero-order chi connectivity index (χ0) is 12.3. The van der Waals surface area contributed by atoms with Crippen molar-refractivity contribution in [3.8, 4) is 0 Å². The molecular formula is C12H17N5S. The lowest BCUT2D eigenvalue weighted by molar-refractivity contribution is 0.499. The van der Waals surface area contributed by atoms with E-state index in [2.05, 4.69) is 29.4 Å². The molecule has 3 unspecified atom stereocenters. The van der Waals surface area contributed by atoms with Crippen molar-refractivity contribution in [3.05, 3.63) is 10.8 Å². The van der Waals surface area contributed by atoms with E-state index >= 15 is 0 Å². The van der Waals surface area contributed by atoms with Gasteiger partial charge in [-0.2, -0.15) is 9.61 Å². The van der Waals surface area contributed by atoms with Crippen LogP contribution in [0.2, 0.25) is 0 Å². The Morgan fingerprint density at radius 3 is 2.89 bits per heavy atom. The first kappa shape index (κ1) is 10.9. The third-order valence-electron chi connectivity index (χ3n) is 4.16. The number of aromatic nitrogens is 4. The Balaban J connectivity index is 1.73. The second kappa shape index (κ2) is 3.74. The van der Waals surface area contributed by atoms with Crippen molar-refractivity contribution in [2.24, 2.45) is 0 Å². The molecule has 4 heterocycles. The highest BCUT2D eigenvalue weighted by Crippen LogP contribution is 2.41. The monoisotopic (exact) mass is 263 g/mol. The summed E-state index contributed by atoms with van der Waals surface area (Å²) in [7, 11) is 0. The van der Waals surface area contributed by atoms with Crippen molar-refractivity contribution in [2.75, 3.05) is 0 Å². The molecule has 4 rings (SSSR count). The summed E-state index contributed by atoms with van der Waals surface area (Å²) in [5.74, 6) is 1.94. The van der Waals surface area contributed by atoms with Gasteiger partial charge in [0.05, 0.1) is 0 Å². The first-order valence-electron chi connectivity index (χ1n) is 6.70. The van der Waals surface area contributed by atoms with Gasteiger partial charge in [0, 0.05) is 23.9 Å². The normalized spacial score (nSPS) is 30.9. The average Bonchev–Trinajstić information content (AvgIpc) is 3.07. The van der Waals surface area contributed by atoms with Crippen LogP contribution in [-0.4, -0.2) is 31.9 Å². The molecule has 18 heavy (non-hydrogen) atoms. The molecule has 1 N–H and O–H groups in total. The maximum Gasteiger partial charge on any atom is 0.234 e. The topological polar surface area (TPSA) is 55.1 Å². The van der Waals surface area contributed by atoms with Crippen molar-refractivity contribution < 1.29 is 0 Å². The van der Waals surface area contributed by atoms with Gasteiger partial charge in [0.1, 0.15) is 5.01 Å². The SMILES string of the molecule is CC(C)c1nnc2sc(C3CC4CCC3N4)nn12. The molecule has 96 valence electrons. The quantitative estimate of drug-likeness (QED) is 0.899. The molecule has 5 nitrogen and oxygen atoms in total. The van der Waals surface area contributed by atoms with Crippen LogP contribution in [0.3, 0.4) is 0 Å². The smallest absolute Gasteiger partial charge is 0.234 e. The van der Waals surface area contributed by atoms with Crippen LogP contribution in [-0.2, 0) is 0 Å². The van der Waals surface area contributed by atoms with Gasteiger partial charge in [-0.25, -0.2) is 0 Å². The van der Waals surface area contributed by atoms with E-state index in [1.165, 1.54) is 24.3 Å². The van der Waals surface area contributed by atoms with Crippen molar-refractivity contribution in [2.45, 2.75) is 57.0 Å². The van der Waals surface area contributed by atoms with E-state index in [4.69, 9.17) is 5.10 Å². The average molecular weight is 263 g/mol. The summed E-state index contributed by atoms with van der Waals surface area (Å²) in [6.07, 6.45) is 3.88. The minimum atomic E-state index is 0.369. The molecule has 0 radical (unpaired) electrons. The lowest BCUT2D eigenvalue weighted by Gasteiger charge is -2.16. The van der Waals surface area contributed by atoms with Crippen molar-refractivity contribution >= 4 is 16.3 Å². The number of fused-ring (bicyclic) bond motifs is 3. The summed E-state index contributed by atoms with van der Waals surface area (Å²) in [5.41, 5.74) is 0. The summed E-state index contributed by atoms with van der Waals surface area (Å²) < 4.78 is 1.94. The first-order chi connectivity index (χ1) is 8.72. The fourth-order valence-electron chi connectivity index (χ4n) is 3.25. The molecule has 2 saturated heterocycles. The Morgan fingerprint density at radius 1 is 1.33 bits per heavy atom. The fourth-order valence-corrected chi connectivity index (χ4v) is 4.28. The van der Waals surface area contributed by atoms with Gasteiger partial charge in [-0.3, -0.25) is 0 Å². The number of hydrogen-bond donors (Lipinski definition) is 1. The zero-order valence-corrected chi connectivity index (χ0v) is 11.4. The number of hydrogen-bond acceptors (Lipinski definition) is 5. The molecule has 0 saturated carbocycles. The minimum absolute atomic E-state index is 0.369. The third-order valence-corrected chi connectivity index (χ3v) is 5.19. The van der Waals surface area contributed by atoms with Gasteiger partial charge in [-0.15, -0.1) is 10.2 Å². The Hall–Kier alpha value is -1.01. The minimum Gasteiger partial charge on any atom is -0.311 e. The van der Waals surface area contributed by atoms with Crippen LogP contribution in [0.5, 0.6) is 0 Å². The van der Waals surface area contributed by atoms with Crippen LogP contribution in [0.25, 0.3) is 4.96 Å². The largest absolute Gasteiger partial charge is 0.311 e. The van der Waals surface area contributed by atoms with Gasteiger partial charge in [0.15, 0.2) is 5.82 Å². The molecular weight excluding hydrogens is 246 g/mol. The molecule has 2 aromatic rings. The van der Waals surface area contributed by atoms with Gasteiger partial charge < -0.3 is 5.32 Å². The highest BCUT2D eigenvalue weighted by Gasteiger charge is 2.41. The van der Waals surface area contributed by atoms with E-state index in [9.17, 15) is 0 Å². The van der Waals surface area contributed by atoms with Crippen LogP contribution in [0, 0.1) is 0 Å². The molecule has 2 aliphatic rings. The highest BCUT2D eigenvalue weighted by atomic mass is 32.1. The van der Waals surface area contributed by atoms with Crippen LogP contribution in [0.4, 0.5) is 0 Å². The Kier molecular flexibility index (Phi) is 2.26. The third kappa shape index (κ3) is 1.45. The lowest BCUT2D eigenvalue weighted by Crippen LogP contribution is -2.21. The van der Waals surface area contributed by atoms with E-state index in [0.29, 0.717) is 17.9 Å². The summed E-state index contributed by atoms with van der Waals surface area (Å²) >= 11 is 1.71. The predicted molar refractivity (Wildman–Crippen MR) is 70.1 cm³/mol. The maximum absolute atomic E-state index is 4.76. The fraction of sp³-hybridized carbons (Fsp3) is 0.750. The first-order valence-corrected chi connectivity index (χ1v) is 7.52. The van der Waals surface area contributed by atoms with Gasteiger partial charge in [0.25, 0.3) is 0 Å². The van der Waals surface area contributed by atoms with Crippen LogP contribution in [0.15, 0.2) is 0 Å². The lowest BCUT2D eigenvalue weighted by atomic mass is 9.90. The zero-order valence-electron chi connectivity index (χ0n) is 10.6. The number of nitrogens with zero attached hydrogens (tertiary/aromatic N) is 4. The van der Waals surface area contributed by atoms with Crippen LogP contribution < -0.4 is 5.32 Å². The summed E-state index contributed by atoms with van der Waals surface area (Å²) in [5, 5.41) is 18.1. The van der Waals surface area contributed by atoms with Crippen molar-refractivity contribution in [1.29, 1.82) is 0 Å². The van der Waals surface area contributed by atoms with Crippen LogP contribution >= 0.6 is 11.3 Å². The molecule has 6 heteroatoms. The Morgan fingerprint density at radius 2 is 2.22 bits per heavy atom. The molecule has 2 aromatic heterocycles. The van der Waals surface area contributed by atoms with Gasteiger partial charge >= 0.3 is 0 Å². The van der Waals surface area contributed by atoms with Gasteiger partial charge in [0.2, 0.25) is 4.96 Å². The molecule has 3 atom stereocenters. The molecule has 0 aromatic carbocycles. The van der Waals surface area contributed by atoms with E-state index < -0.39 is 0 Å². The summed E-state index contributed by atoms with van der Waals surface area (Å²) in [4.78, 5) is 0.941. The number of nitrogens with one attached hydrogen (secondary N) is 1. The van der Waals surface area contributed by atoms with Crippen molar-refractivity contribution in [1.82, 2.24) is 25.1 Å². The summed E-state index contributed by atoms with van der Waals surface area (Å²) in [6.45, 7) is 4.27. The van der Waals surface area contributed by atoms with E-state index in [-0.39, 0.29) is 0 Å². The standard InChI is InChI=1S/C12H17N5S/c1-6(2)10-14-15-12-17(10)16-11(18-12)8-5-7-3-4-9(8)13-7/h6-9,13H,3-5H2,1-2H3. The molecule has 0 amide bonds. The highest BCUT2D eigenvalue weighted by molar-refractivity contribution is 7.16. The Bertz CT molecular complexity index is 586. The second-order valence-corrected chi connectivity index (χ2v) is 6.72. The molecule has 2 fully saturated rings. The molecule has 2 aliphatic heterocycles.